The van der Waals surface area contributed by atoms with Gasteiger partial charge in [-0.1, -0.05) is 12.0 Å². The van der Waals surface area contributed by atoms with Crippen molar-refractivity contribution in [1.29, 1.82) is 0 Å². The van der Waals surface area contributed by atoms with Gasteiger partial charge in [-0.2, -0.15) is 13.2 Å². The lowest BCUT2D eigenvalue weighted by Gasteiger charge is -2.10. The Bertz CT molecular complexity index is 389. The van der Waals surface area contributed by atoms with Crippen LogP contribution >= 0.6 is 0 Å². The van der Waals surface area contributed by atoms with Gasteiger partial charge in [-0.3, -0.25) is 0 Å². The van der Waals surface area contributed by atoms with E-state index in [9.17, 15) is 17.6 Å². The van der Waals surface area contributed by atoms with Crippen molar-refractivity contribution in [2.75, 3.05) is 6.61 Å². The summed E-state index contributed by atoms with van der Waals surface area (Å²) in [6, 6.07) is 3.46. The van der Waals surface area contributed by atoms with Crippen molar-refractivity contribution >= 4 is 0 Å². The Balaban J connectivity index is 2.87. The van der Waals surface area contributed by atoms with Crippen molar-refractivity contribution in [3.8, 4) is 18.1 Å². The normalized spacial score (nSPS) is 10.9. The molecule has 0 atom stereocenters. The molecule has 0 radical (unpaired) electrons. The molecule has 1 rings (SSSR count). The first-order valence-electron chi connectivity index (χ1n) is 3.88. The fourth-order valence-corrected chi connectivity index (χ4v) is 0.924. The van der Waals surface area contributed by atoms with Gasteiger partial charge in [-0.25, -0.2) is 4.39 Å². The van der Waals surface area contributed by atoms with Crippen molar-refractivity contribution in [3.63, 3.8) is 0 Å². The topological polar surface area (TPSA) is 9.23 Å². The number of alkyl halides is 3. The monoisotopic (exact) mass is 218 g/mol. The third-order valence-electron chi connectivity index (χ3n) is 1.51. The molecule has 0 saturated carbocycles. The van der Waals surface area contributed by atoms with Gasteiger partial charge >= 0.3 is 6.18 Å². The molecule has 0 aliphatic rings. The number of hydrogen-bond acceptors (Lipinski definition) is 1. The fraction of sp³-hybridized carbons (Fsp3) is 0.200. The predicted molar refractivity (Wildman–Crippen MR) is 45.9 cm³/mol. The fourth-order valence-electron chi connectivity index (χ4n) is 0.924. The molecule has 1 aromatic carbocycles. The molecule has 15 heavy (non-hydrogen) atoms. The van der Waals surface area contributed by atoms with Crippen LogP contribution in [0.4, 0.5) is 17.6 Å². The molecule has 0 amide bonds. The summed E-state index contributed by atoms with van der Waals surface area (Å²) in [4.78, 5) is 0. The smallest absolute Gasteiger partial charge is 0.422 e. The molecule has 80 valence electrons. The molecule has 1 nitrogen and oxygen atoms in total. The summed E-state index contributed by atoms with van der Waals surface area (Å²) in [7, 11) is 0. The molecule has 0 fully saturated rings. The summed E-state index contributed by atoms with van der Waals surface area (Å²) in [5.74, 6) is 0.870. The van der Waals surface area contributed by atoms with Gasteiger partial charge in [0.1, 0.15) is 17.1 Å². The number of benzene rings is 1. The second kappa shape index (κ2) is 4.22. The van der Waals surface area contributed by atoms with Crippen molar-refractivity contribution in [2.45, 2.75) is 6.18 Å². The summed E-state index contributed by atoms with van der Waals surface area (Å²) in [5.41, 5.74) is -0.304. The third-order valence-corrected chi connectivity index (χ3v) is 1.51. The van der Waals surface area contributed by atoms with Gasteiger partial charge in [0.05, 0.1) is 0 Å². The van der Waals surface area contributed by atoms with Crippen molar-refractivity contribution in [3.05, 3.63) is 29.6 Å². The Morgan fingerprint density at radius 3 is 2.53 bits per heavy atom. The van der Waals surface area contributed by atoms with E-state index in [1.54, 1.807) is 0 Å². The maximum absolute atomic E-state index is 13.0. The molecule has 0 bridgehead atoms. The minimum atomic E-state index is -4.47. The first-order chi connectivity index (χ1) is 6.94. The summed E-state index contributed by atoms with van der Waals surface area (Å²) in [6.07, 6.45) is 0.466. The number of hydrogen-bond donors (Lipinski definition) is 0. The number of terminal acetylenes is 1. The maximum Gasteiger partial charge on any atom is 0.422 e. The molecule has 0 N–H and O–H groups in total. The Hall–Kier alpha value is -1.70. The van der Waals surface area contributed by atoms with E-state index < -0.39 is 18.6 Å². The van der Waals surface area contributed by atoms with E-state index in [0.717, 1.165) is 6.07 Å². The van der Waals surface area contributed by atoms with Crippen LogP contribution in [0.1, 0.15) is 5.56 Å². The summed E-state index contributed by atoms with van der Waals surface area (Å²) in [6.45, 7) is -1.49. The highest BCUT2D eigenvalue weighted by Gasteiger charge is 2.28. The summed E-state index contributed by atoms with van der Waals surface area (Å²) < 4.78 is 52.8. The van der Waals surface area contributed by atoms with E-state index in [1.165, 1.54) is 12.1 Å². The van der Waals surface area contributed by atoms with Crippen LogP contribution in [0, 0.1) is 18.2 Å². The first-order valence-corrected chi connectivity index (χ1v) is 3.88. The Labute approximate surface area is 83.7 Å². The van der Waals surface area contributed by atoms with Gasteiger partial charge in [0.25, 0.3) is 0 Å². The number of rotatable bonds is 2. The van der Waals surface area contributed by atoms with Gasteiger partial charge in [-0.05, 0) is 12.1 Å². The van der Waals surface area contributed by atoms with Gasteiger partial charge < -0.3 is 4.74 Å². The molecule has 0 saturated heterocycles. The van der Waals surface area contributed by atoms with Gasteiger partial charge in [-0.15, -0.1) is 6.42 Å². The minimum Gasteiger partial charge on any atom is -0.483 e. The highest BCUT2D eigenvalue weighted by Crippen LogP contribution is 2.23. The Kier molecular flexibility index (Phi) is 3.20. The van der Waals surface area contributed by atoms with Crippen LogP contribution in [-0.2, 0) is 0 Å². The Morgan fingerprint density at radius 1 is 1.33 bits per heavy atom. The lowest BCUT2D eigenvalue weighted by atomic mass is 10.2. The molecular weight excluding hydrogens is 212 g/mol. The van der Waals surface area contributed by atoms with Crippen LogP contribution in [0.3, 0.4) is 0 Å². The molecule has 0 spiro atoms. The summed E-state index contributed by atoms with van der Waals surface area (Å²) >= 11 is 0. The second-order valence-electron chi connectivity index (χ2n) is 2.66. The SMILES string of the molecule is C#Cc1c(F)cccc1OCC(F)(F)F. The number of ether oxygens (including phenoxy) is 1. The van der Waals surface area contributed by atoms with E-state index in [1.807, 2.05) is 5.92 Å². The van der Waals surface area contributed by atoms with E-state index in [4.69, 9.17) is 6.42 Å². The molecule has 1 aromatic rings. The second-order valence-corrected chi connectivity index (χ2v) is 2.66. The Morgan fingerprint density at radius 2 is 2.00 bits per heavy atom. The zero-order valence-electron chi connectivity index (χ0n) is 7.44. The van der Waals surface area contributed by atoms with E-state index in [-0.39, 0.29) is 11.3 Å². The largest absolute Gasteiger partial charge is 0.483 e. The number of halogens is 4. The van der Waals surface area contributed by atoms with E-state index in [2.05, 4.69) is 4.74 Å². The van der Waals surface area contributed by atoms with E-state index in [0.29, 0.717) is 0 Å². The average Bonchev–Trinajstić information content (AvgIpc) is 2.13. The van der Waals surface area contributed by atoms with Gasteiger partial charge in [0.15, 0.2) is 6.61 Å². The lowest BCUT2D eigenvalue weighted by Crippen LogP contribution is -2.19. The molecule has 0 unspecified atom stereocenters. The molecule has 0 aliphatic carbocycles. The average molecular weight is 218 g/mol. The molecule has 0 aliphatic heterocycles. The van der Waals surface area contributed by atoms with Crippen molar-refractivity contribution in [2.24, 2.45) is 0 Å². The van der Waals surface area contributed by atoms with Crippen molar-refractivity contribution in [1.82, 2.24) is 0 Å². The predicted octanol–water partition coefficient (Wildman–Crippen LogP) is 2.75. The van der Waals surface area contributed by atoms with Gasteiger partial charge in [0, 0.05) is 0 Å². The molecular formula is C10H6F4O. The van der Waals surface area contributed by atoms with Crippen LogP contribution in [0.5, 0.6) is 5.75 Å². The van der Waals surface area contributed by atoms with Crippen LogP contribution in [0.2, 0.25) is 0 Å². The first kappa shape index (κ1) is 11.4. The highest BCUT2D eigenvalue weighted by molar-refractivity contribution is 5.45. The molecule has 0 aromatic heterocycles. The van der Waals surface area contributed by atoms with E-state index >= 15 is 0 Å². The zero-order valence-corrected chi connectivity index (χ0v) is 7.44. The maximum atomic E-state index is 13.0. The molecule has 0 heterocycles. The van der Waals surface area contributed by atoms with Crippen LogP contribution in [-0.4, -0.2) is 12.8 Å². The third kappa shape index (κ3) is 3.17. The minimum absolute atomic E-state index is 0.283. The quantitative estimate of drug-likeness (QED) is 0.547. The van der Waals surface area contributed by atoms with Crippen LogP contribution in [0.25, 0.3) is 0 Å². The van der Waals surface area contributed by atoms with Gasteiger partial charge in [0.2, 0.25) is 0 Å². The lowest BCUT2D eigenvalue weighted by molar-refractivity contribution is -0.153. The highest BCUT2D eigenvalue weighted by atomic mass is 19.4. The standard InChI is InChI=1S/C10H6F4O/c1-2-7-8(11)4-3-5-9(7)15-6-10(12,13)14/h1,3-5H,6H2. The van der Waals surface area contributed by atoms with Crippen LogP contribution < -0.4 is 4.74 Å². The molecule has 5 heteroatoms. The zero-order chi connectivity index (χ0) is 11.5. The van der Waals surface area contributed by atoms with Crippen LogP contribution in [0.15, 0.2) is 18.2 Å². The van der Waals surface area contributed by atoms with Crippen molar-refractivity contribution < 1.29 is 22.3 Å². The summed E-state index contributed by atoms with van der Waals surface area (Å²) in [5, 5.41) is 0.